The van der Waals surface area contributed by atoms with Crippen LogP contribution in [0, 0.1) is 6.92 Å². The maximum Gasteiger partial charge on any atom is 0.339 e. The summed E-state index contributed by atoms with van der Waals surface area (Å²) >= 11 is 6.87. The second-order valence-corrected chi connectivity index (χ2v) is 11.3. The molecule has 0 saturated carbocycles. The van der Waals surface area contributed by atoms with Crippen molar-refractivity contribution in [2.24, 2.45) is 0 Å². The molecule has 0 unspecified atom stereocenters. The van der Waals surface area contributed by atoms with E-state index in [1.807, 2.05) is 69.5 Å². The molecule has 2 aromatic heterocycles. The molecule has 192 valence electrons. The van der Waals surface area contributed by atoms with Crippen molar-refractivity contribution in [3.8, 4) is 11.1 Å². The van der Waals surface area contributed by atoms with E-state index in [0.29, 0.717) is 9.95 Å². The van der Waals surface area contributed by atoms with Gasteiger partial charge in [0.2, 0.25) is 4.38 Å². The number of esters is 1. The van der Waals surface area contributed by atoms with Gasteiger partial charge in [-0.25, -0.2) is 9.78 Å². The first-order valence-electron chi connectivity index (χ1n) is 12.3. The first-order valence-corrected chi connectivity index (χ1v) is 13.9. The third kappa shape index (κ3) is 6.05. The standard InChI is InChI=1S/C30H32N2O3S2/c1-7-22-18-32-25(17-12-19(2)27(32)31-22)26(34-29(36)37-6)21-15-13-20(14-16-21)23-10-8-9-11-24(23)28(33)35-30(3,4)5/h8-18,26H,7H2,1-6H3/t26-/m1/s1. The first-order chi connectivity index (χ1) is 17.6. The van der Waals surface area contributed by atoms with Crippen LogP contribution in [0.2, 0.25) is 0 Å². The molecule has 0 N–H and O–H groups in total. The highest BCUT2D eigenvalue weighted by Crippen LogP contribution is 2.32. The molecule has 1 atom stereocenters. The predicted molar refractivity (Wildman–Crippen MR) is 155 cm³/mol. The van der Waals surface area contributed by atoms with Gasteiger partial charge >= 0.3 is 5.97 Å². The Hall–Kier alpha value is -3.16. The molecule has 0 fully saturated rings. The van der Waals surface area contributed by atoms with Crippen LogP contribution in [0.25, 0.3) is 16.8 Å². The summed E-state index contributed by atoms with van der Waals surface area (Å²) in [5.74, 6) is -0.340. The summed E-state index contributed by atoms with van der Waals surface area (Å²) in [5, 5.41) is 0. The maximum atomic E-state index is 12.9. The smallest absolute Gasteiger partial charge is 0.339 e. The van der Waals surface area contributed by atoms with Crippen molar-refractivity contribution in [1.82, 2.24) is 9.38 Å². The maximum absolute atomic E-state index is 12.9. The van der Waals surface area contributed by atoms with Crippen LogP contribution in [0.4, 0.5) is 0 Å². The number of hydrogen-bond donors (Lipinski definition) is 0. The summed E-state index contributed by atoms with van der Waals surface area (Å²) in [7, 11) is 0. The van der Waals surface area contributed by atoms with Crippen molar-refractivity contribution in [2.75, 3.05) is 6.26 Å². The molecule has 0 aliphatic rings. The summed E-state index contributed by atoms with van der Waals surface area (Å²) in [6, 6.07) is 19.7. The predicted octanol–water partition coefficient (Wildman–Crippen LogP) is 7.58. The zero-order valence-electron chi connectivity index (χ0n) is 22.1. The van der Waals surface area contributed by atoms with Gasteiger partial charge in [-0.3, -0.25) is 4.40 Å². The Morgan fingerprint density at radius 3 is 2.43 bits per heavy atom. The number of nitrogens with zero attached hydrogens (tertiary/aromatic N) is 2. The van der Waals surface area contributed by atoms with Crippen molar-refractivity contribution < 1.29 is 14.3 Å². The molecule has 4 aromatic rings. The van der Waals surface area contributed by atoms with Gasteiger partial charge in [-0.15, -0.1) is 0 Å². The summed E-state index contributed by atoms with van der Waals surface area (Å²) in [5.41, 5.74) is 6.64. The average molecular weight is 533 g/mol. The zero-order chi connectivity index (χ0) is 26.7. The van der Waals surface area contributed by atoms with Crippen LogP contribution in [-0.2, 0) is 15.9 Å². The van der Waals surface area contributed by atoms with Gasteiger partial charge in [0.1, 0.15) is 11.2 Å². The molecule has 37 heavy (non-hydrogen) atoms. The Morgan fingerprint density at radius 1 is 1.08 bits per heavy atom. The molecular weight excluding hydrogens is 500 g/mol. The van der Waals surface area contributed by atoms with Crippen LogP contribution in [-0.4, -0.2) is 31.6 Å². The van der Waals surface area contributed by atoms with Gasteiger partial charge in [-0.2, -0.15) is 0 Å². The Kier molecular flexibility index (Phi) is 8.05. The van der Waals surface area contributed by atoms with Crippen molar-refractivity contribution in [2.45, 2.75) is 52.7 Å². The lowest BCUT2D eigenvalue weighted by Gasteiger charge is -2.22. The molecule has 4 rings (SSSR count). The first kappa shape index (κ1) is 26.9. The van der Waals surface area contributed by atoms with E-state index in [2.05, 4.69) is 36.6 Å². The highest BCUT2D eigenvalue weighted by Gasteiger charge is 2.23. The lowest BCUT2D eigenvalue weighted by molar-refractivity contribution is 0.00704. The minimum absolute atomic E-state index is 0.340. The average Bonchev–Trinajstić information content (AvgIpc) is 3.32. The van der Waals surface area contributed by atoms with Crippen LogP contribution in [0.15, 0.2) is 66.9 Å². The second-order valence-electron chi connectivity index (χ2n) is 9.84. The lowest BCUT2D eigenvalue weighted by atomic mass is 9.96. The van der Waals surface area contributed by atoms with Crippen molar-refractivity contribution >= 4 is 40.0 Å². The van der Waals surface area contributed by atoms with E-state index in [-0.39, 0.29) is 5.97 Å². The van der Waals surface area contributed by atoms with E-state index in [0.717, 1.165) is 45.7 Å². The lowest BCUT2D eigenvalue weighted by Crippen LogP contribution is -2.24. The Morgan fingerprint density at radius 2 is 1.78 bits per heavy atom. The number of pyridine rings is 1. The normalized spacial score (nSPS) is 12.4. The fourth-order valence-electron chi connectivity index (χ4n) is 4.18. The fourth-order valence-corrected chi connectivity index (χ4v) is 4.47. The van der Waals surface area contributed by atoms with Crippen LogP contribution in [0.3, 0.4) is 0 Å². The molecule has 0 saturated heterocycles. The molecular formula is C30H32N2O3S2. The summed E-state index contributed by atoms with van der Waals surface area (Å²) in [6.45, 7) is 9.76. The van der Waals surface area contributed by atoms with Gasteiger partial charge < -0.3 is 9.47 Å². The third-order valence-electron chi connectivity index (χ3n) is 5.97. The third-order valence-corrected chi connectivity index (χ3v) is 7.00. The molecule has 0 aliphatic carbocycles. The largest absolute Gasteiger partial charge is 0.464 e. The molecule has 0 bridgehead atoms. The molecule has 2 aromatic carbocycles. The number of aryl methyl sites for hydroxylation is 2. The minimum atomic E-state index is -0.571. The van der Waals surface area contributed by atoms with E-state index < -0.39 is 11.7 Å². The number of carbonyl (C=O) groups is 1. The van der Waals surface area contributed by atoms with Gasteiger partial charge in [-0.05, 0) is 87.0 Å². The topological polar surface area (TPSA) is 52.8 Å². The Balaban J connectivity index is 1.76. The number of thioether (sulfide) groups is 1. The molecule has 2 heterocycles. The number of hydrogen-bond acceptors (Lipinski definition) is 6. The Labute approximate surface area is 228 Å². The molecule has 5 nitrogen and oxygen atoms in total. The van der Waals surface area contributed by atoms with Crippen LogP contribution < -0.4 is 0 Å². The van der Waals surface area contributed by atoms with E-state index in [1.54, 1.807) is 6.07 Å². The van der Waals surface area contributed by atoms with E-state index in [9.17, 15) is 4.79 Å². The molecule has 0 amide bonds. The highest BCUT2D eigenvalue weighted by atomic mass is 32.2. The molecule has 0 spiro atoms. The molecule has 0 radical (unpaired) electrons. The van der Waals surface area contributed by atoms with Crippen LogP contribution in [0.5, 0.6) is 0 Å². The summed E-state index contributed by atoms with van der Waals surface area (Å²) in [6.07, 6.45) is 4.41. The van der Waals surface area contributed by atoms with Crippen molar-refractivity contribution in [3.63, 3.8) is 0 Å². The zero-order valence-corrected chi connectivity index (χ0v) is 23.7. The second kappa shape index (κ2) is 11.1. The van der Waals surface area contributed by atoms with Crippen LogP contribution in [0.1, 0.15) is 66.7 Å². The van der Waals surface area contributed by atoms with E-state index >= 15 is 0 Å². The number of imidazole rings is 1. The number of ether oxygens (including phenoxy) is 2. The number of carbonyl (C=O) groups excluding carboxylic acids is 1. The Bertz CT molecular complexity index is 1440. The van der Waals surface area contributed by atoms with Gasteiger partial charge in [0, 0.05) is 6.20 Å². The monoisotopic (exact) mass is 532 g/mol. The van der Waals surface area contributed by atoms with Gasteiger partial charge in [-0.1, -0.05) is 67.2 Å². The number of fused-ring (bicyclic) bond motifs is 1. The SMILES string of the molecule is CCc1cn2c([C@H](OC(=S)SC)c3ccc(-c4ccccc4C(=O)OC(C)(C)C)cc3)ccc(C)c2n1. The summed E-state index contributed by atoms with van der Waals surface area (Å²) in [4.78, 5) is 17.7. The number of benzene rings is 2. The quantitative estimate of drug-likeness (QED) is 0.188. The summed E-state index contributed by atoms with van der Waals surface area (Å²) < 4.78 is 14.5. The molecule has 7 heteroatoms. The molecule has 0 aliphatic heterocycles. The van der Waals surface area contributed by atoms with Crippen LogP contribution >= 0.6 is 24.0 Å². The van der Waals surface area contributed by atoms with Crippen molar-refractivity contribution in [1.29, 1.82) is 0 Å². The van der Waals surface area contributed by atoms with Gasteiger partial charge in [0.05, 0.1) is 17.0 Å². The number of aromatic nitrogens is 2. The van der Waals surface area contributed by atoms with Gasteiger partial charge in [0.25, 0.3) is 0 Å². The van der Waals surface area contributed by atoms with Crippen molar-refractivity contribution in [3.05, 3.63) is 94.9 Å². The van der Waals surface area contributed by atoms with E-state index in [1.165, 1.54) is 11.8 Å². The minimum Gasteiger partial charge on any atom is -0.464 e. The van der Waals surface area contributed by atoms with E-state index in [4.69, 9.17) is 26.7 Å². The fraction of sp³-hybridized carbons (Fsp3) is 0.300. The highest BCUT2D eigenvalue weighted by molar-refractivity contribution is 8.22. The van der Waals surface area contributed by atoms with Gasteiger partial charge in [0.15, 0.2) is 6.10 Å². The number of rotatable bonds is 6. The number of thiocarbonyl (C=S) groups is 1.